The van der Waals surface area contributed by atoms with Crippen LogP contribution in [0.15, 0.2) is 4.52 Å². The second kappa shape index (κ2) is 4.04. The lowest BCUT2D eigenvalue weighted by Crippen LogP contribution is -2.13. The maximum Gasteiger partial charge on any atom is 0.396 e. The molecule has 2 heterocycles. The fraction of sp³-hybridized carbons (Fsp3) is 0.778. The number of hydrogen-bond donors (Lipinski definition) is 1. The summed E-state index contributed by atoms with van der Waals surface area (Å²) in [6.07, 6.45) is -5.42. The van der Waals surface area contributed by atoms with Crippen molar-refractivity contribution in [2.24, 2.45) is 5.92 Å². The molecule has 0 amide bonds. The first-order valence-corrected chi connectivity index (χ1v) is 5.05. The van der Waals surface area contributed by atoms with E-state index >= 15 is 0 Å². The van der Waals surface area contributed by atoms with Crippen molar-refractivity contribution < 1.29 is 17.7 Å². The Hall–Kier alpha value is -1.11. The van der Waals surface area contributed by atoms with Crippen molar-refractivity contribution in [2.75, 3.05) is 13.1 Å². The van der Waals surface area contributed by atoms with Crippen LogP contribution in [0, 0.1) is 5.92 Å². The van der Waals surface area contributed by atoms with Gasteiger partial charge in [0.15, 0.2) is 5.82 Å². The van der Waals surface area contributed by atoms with Gasteiger partial charge in [-0.15, -0.1) is 0 Å². The molecule has 1 aromatic rings. The molecule has 2 rings (SSSR count). The minimum atomic E-state index is -4.29. The minimum Gasteiger partial charge on any atom is -0.339 e. The zero-order valence-electron chi connectivity index (χ0n) is 8.71. The van der Waals surface area contributed by atoms with Crippen molar-refractivity contribution in [3.63, 3.8) is 0 Å². The van der Waals surface area contributed by atoms with Gasteiger partial charge in [-0.05, 0) is 12.5 Å². The summed E-state index contributed by atoms with van der Waals surface area (Å²) in [5, 5.41) is 6.47. The molecule has 0 aromatic carbocycles. The lowest BCUT2D eigenvalue weighted by molar-refractivity contribution is -0.128. The number of aromatic nitrogens is 2. The summed E-state index contributed by atoms with van der Waals surface area (Å²) in [5.74, 6) is 0.340. The Morgan fingerprint density at radius 3 is 2.75 bits per heavy atom. The van der Waals surface area contributed by atoms with Crippen LogP contribution in [0.2, 0.25) is 0 Å². The smallest absolute Gasteiger partial charge is 0.339 e. The van der Waals surface area contributed by atoms with Gasteiger partial charge in [-0.3, -0.25) is 0 Å². The maximum absolute atomic E-state index is 12.1. The van der Waals surface area contributed by atoms with E-state index < -0.39 is 12.6 Å². The molecule has 90 valence electrons. The molecule has 0 radical (unpaired) electrons. The highest BCUT2D eigenvalue weighted by Crippen LogP contribution is 2.27. The lowest BCUT2D eigenvalue weighted by atomic mass is 9.98. The summed E-state index contributed by atoms with van der Waals surface area (Å²) < 4.78 is 41.1. The van der Waals surface area contributed by atoms with E-state index in [2.05, 4.69) is 15.5 Å². The molecule has 0 aliphatic carbocycles. The zero-order chi connectivity index (χ0) is 11.8. The van der Waals surface area contributed by atoms with Crippen LogP contribution in [0.5, 0.6) is 0 Å². The molecule has 1 N–H and O–H groups in total. The summed E-state index contributed by atoms with van der Waals surface area (Å²) in [4.78, 5) is 3.79. The van der Waals surface area contributed by atoms with Crippen LogP contribution in [0.25, 0.3) is 0 Å². The molecule has 7 heteroatoms. The Labute approximate surface area is 90.2 Å². The third kappa shape index (κ3) is 2.52. The second-order valence-corrected chi connectivity index (χ2v) is 4.08. The molecule has 1 aromatic heterocycles. The van der Waals surface area contributed by atoms with E-state index in [9.17, 15) is 13.2 Å². The van der Waals surface area contributed by atoms with Crippen LogP contribution in [-0.4, -0.2) is 29.4 Å². The molecule has 1 saturated heterocycles. The van der Waals surface area contributed by atoms with E-state index in [1.165, 1.54) is 0 Å². The van der Waals surface area contributed by atoms with Gasteiger partial charge in [-0.2, -0.15) is 18.2 Å². The molecule has 0 bridgehead atoms. The van der Waals surface area contributed by atoms with Gasteiger partial charge in [0, 0.05) is 6.54 Å². The van der Waals surface area contributed by atoms with Gasteiger partial charge in [0.1, 0.15) is 6.42 Å². The average Bonchev–Trinajstić information content (AvgIpc) is 2.71. The van der Waals surface area contributed by atoms with Crippen molar-refractivity contribution in [2.45, 2.75) is 25.4 Å². The molecule has 4 nitrogen and oxygen atoms in total. The fourth-order valence-corrected chi connectivity index (χ4v) is 1.81. The summed E-state index contributed by atoms with van der Waals surface area (Å²) >= 11 is 0. The van der Waals surface area contributed by atoms with Crippen molar-refractivity contribution in [3.05, 3.63) is 11.7 Å². The van der Waals surface area contributed by atoms with Gasteiger partial charge in [0.2, 0.25) is 5.89 Å². The quantitative estimate of drug-likeness (QED) is 0.843. The van der Waals surface area contributed by atoms with Crippen molar-refractivity contribution in [1.29, 1.82) is 0 Å². The molecule has 16 heavy (non-hydrogen) atoms. The number of hydrogen-bond acceptors (Lipinski definition) is 4. The first-order chi connectivity index (χ1) is 7.46. The normalized spacial score (nSPS) is 26.2. The number of alkyl halides is 3. The number of rotatable bonds is 2. The molecule has 1 fully saturated rings. The van der Waals surface area contributed by atoms with Gasteiger partial charge in [-0.25, -0.2) is 0 Å². The van der Waals surface area contributed by atoms with Crippen molar-refractivity contribution in [1.82, 2.24) is 15.5 Å². The predicted octanol–water partition coefficient (Wildman–Crippen LogP) is 1.50. The van der Waals surface area contributed by atoms with Crippen LogP contribution in [0.1, 0.15) is 24.6 Å². The van der Waals surface area contributed by atoms with E-state index in [1.807, 2.05) is 6.92 Å². The van der Waals surface area contributed by atoms with Crippen LogP contribution >= 0.6 is 0 Å². The number of halogens is 3. The molecule has 0 spiro atoms. The van der Waals surface area contributed by atoms with Crippen molar-refractivity contribution in [3.8, 4) is 0 Å². The summed E-state index contributed by atoms with van der Waals surface area (Å²) in [6, 6.07) is 0. The van der Waals surface area contributed by atoms with E-state index in [0.717, 1.165) is 6.54 Å². The highest BCUT2D eigenvalue weighted by Gasteiger charge is 2.33. The van der Waals surface area contributed by atoms with Crippen LogP contribution in [0.3, 0.4) is 0 Å². The molecule has 2 atom stereocenters. The Kier molecular flexibility index (Phi) is 2.88. The average molecular weight is 235 g/mol. The fourth-order valence-electron chi connectivity index (χ4n) is 1.81. The van der Waals surface area contributed by atoms with Gasteiger partial charge in [-0.1, -0.05) is 12.1 Å². The molecule has 1 aliphatic heterocycles. The van der Waals surface area contributed by atoms with Crippen LogP contribution < -0.4 is 5.32 Å². The van der Waals surface area contributed by atoms with Crippen molar-refractivity contribution >= 4 is 0 Å². The third-order valence-corrected chi connectivity index (χ3v) is 2.68. The zero-order valence-corrected chi connectivity index (χ0v) is 8.71. The Balaban J connectivity index is 2.07. The molecule has 0 saturated carbocycles. The highest BCUT2D eigenvalue weighted by atomic mass is 19.4. The standard InChI is InChI=1S/C9H12F3N3O/c1-5-3-13-4-6(5)8-14-7(15-16-8)2-9(10,11)12/h5-6,13H,2-4H2,1H3. The van der Waals surface area contributed by atoms with E-state index in [0.29, 0.717) is 18.4 Å². The molecule has 2 unspecified atom stereocenters. The lowest BCUT2D eigenvalue weighted by Gasteiger charge is -2.07. The number of nitrogens with zero attached hydrogens (tertiary/aromatic N) is 2. The Morgan fingerprint density at radius 2 is 2.19 bits per heavy atom. The first kappa shape index (κ1) is 11.4. The largest absolute Gasteiger partial charge is 0.396 e. The molecular formula is C9H12F3N3O. The topological polar surface area (TPSA) is 51.0 Å². The SMILES string of the molecule is CC1CNCC1c1nc(CC(F)(F)F)no1. The minimum absolute atomic E-state index is 0.0227. The third-order valence-electron chi connectivity index (χ3n) is 2.68. The first-order valence-electron chi connectivity index (χ1n) is 5.05. The predicted molar refractivity (Wildman–Crippen MR) is 48.8 cm³/mol. The number of nitrogens with one attached hydrogen (secondary N) is 1. The van der Waals surface area contributed by atoms with Gasteiger partial charge < -0.3 is 9.84 Å². The maximum atomic E-state index is 12.1. The van der Waals surface area contributed by atoms with E-state index in [-0.39, 0.29) is 11.7 Å². The second-order valence-electron chi connectivity index (χ2n) is 4.08. The summed E-state index contributed by atoms with van der Waals surface area (Å²) in [6.45, 7) is 3.49. The summed E-state index contributed by atoms with van der Waals surface area (Å²) in [7, 11) is 0. The van der Waals surface area contributed by atoms with E-state index in [1.54, 1.807) is 0 Å². The molecule has 1 aliphatic rings. The van der Waals surface area contributed by atoms with Gasteiger partial charge in [0.25, 0.3) is 0 Å². The highest BCUT2D eigenvalue weighted by molar-refractivity contribution is 5.01. The van der Waals surface area contributed by atoms with Gasteiger partial charge >= 0.3 is 6.18 Å². The Morgan fingerprint density at radius 1 is 1.44 bits per heavy atom. The molecular weight excluding hydrogens is 223 g/mol. The monoisotopic (exact) mass is 235 g/mol. The van der Waals surface area contributed by atoms with Gasteiger partial charge in [0.05, 0.1) is 5.92 Å². The summed E-state index contributed by atoms with van der Waals surface area (Å²) in [5.41, 5.74) is 0. The van der Waals surface area contributed by atoms with E-state index in [4.69, 9.17) is 4.52 Å². The van der Waals surface area contributed by atoms with Crippen LogP contribution in [0.4, 0.5) is 13.2 Å². The Bertz CT molecular complexity index is 363. The van der Waals surface area contributed by atoms with Crippen LogP contribution in [-0.2, 0) is 6.42 Å².